The summed E-state index contributed by atoms with van der Waals surface area (Å²) in [5.41, 5.74) is 0.721. The van der Waals surface area contributed by atoms with Gasteiger partial charge in [0.25, 0.3) is 5.91 Å². The van der Waals surface area contributed by atoms with Gasteiger partial charge in [-0.05, 0) is 39.8 Å². The summed E-state index contributed by atoms with van der Waals surface area (Å²) in [6, 6.07) is 3.62. The maximum Gasteiger partial charge on any atom is 0.255 e. The number of carbonyl (C=O) groups excluding carboxylic acids is 1. The maximum absolute atomic E-state index is 14.0. The normalized spacial score (nSPS) is 12.8. The molecular formula is C20H26FN7O2. The number of rotatable bonds is 8. The first-order valence-corrected chi connectivity index (χ1v) is 9.60. The highest BCUT2D eigenvalue weighted by molar-refractivity contribution is 6.03. The second-order valence-corrected chi connectivity index (χ2v) is 7.84. The number of nitrogens with one attached hydrogen (secondary N) is 3. The lowest BCUT2D eigenvalue weighted by molar-refractivity contribution is -0.00177. The predicted molar refractivity (Wildman–Crippen MR) is 113 cm³/mol. The minimum atomic E-state index is -1.60. The van der Waals surface area contributed by atoms with Crippen molar-refractivity contribution in [2.45, 2.75) is 45.5 Å². The van der Waals surface area contributed by atoms with Crippen molar-refractivity contribution in [2.24, 2.45) is 0 Å². The van der Waals surface area contributed by atoms with Crippen LogP contribution in [0.4, 0.5) is 21.6 Å². The molecule has 9 nitrogen and oxygen atoms in total. The van der Waals surface area contributed by atoms with Gasteiger partial charge >= 0.3 is 0 Å². The molecule has 0 radical (unpaired) electrons. The third-order valence-corrected chi connectivity index (χ3v) is 4.38. The molecule has 0 aliphatic heterocycles. The number of hydrogen-bond donors (Lipinski definition) is 4. The summed E-state index contributed by atoms with van der Waals surface area (Å²) in [5, 5.41) is 23.0. The maximum atomic E-state index is 14.0. The Hall–Kier alpha value is -3.27. The number of carbonyl (C=O) groups is 1. The van der Waals surface area contributed by atoms with Crippen molar-refractivity contribution in [2.75, 3.05) is 17.2 Å². The van der Waals surface area contributed by atoms with E-state index in [0.717, 1.165) is 5.69 Å². The van der Waals surface area contributed by atoms with Crippen LogP contribution in [0.5, 0.6) is 0 Å². The third-order valence-electron chi connectivity index (χ3n) is 4.38. The predicted octanol–water partition coefficient (Wildman–Crippen LogP) is 2.53. The van der Waals surface area contributed by atoms with E-state index in [-0.39, 0.29) is 18.2 Å². The van der Waals surface area contributed by atoms with E-state index in [1.807, 2.05) is 19.9 Å². The molecule has 3 rings (SSSR count). The molecule has 3 aromatic heterocycles. The lowest BCUT2D eigenvalue weighted by Crippen LogP contribution is -2.42. The minimum absolute atomic E-state index is 0.0428. The van der Waals surface area contributed by atoms with Crippen LogP contribution in [0.2, 0.25) is 0 Å². The summed E-state index contributed by atoms with van der Waals surface area (Å²) >= 11 is 0. The Kier molecular flexibility index (Phi) is 6.16. The average Bonchev–Trinajstić information content (AvgIpc) is 3.08. The van der Waals surface area contributed by atoms with Crippen LogP contribution in [0, 0.1) is 0 Å². The van der Waals surface area contributed by atoms with Crippen molar-refractivity contribution in [3.8, 4) is 0 Å². The standard InChI is InChI=1S/C20H26FN7O2/c1-12(2)26-18-14(19(29)23-9-16(21)20(3,4)30)8-25-28-10-13(7-15(18)28)27-17-5-6-22-11-24-17/h5-8,10-12,16,26,30H,9H2,1-4H3,(H,23,29)(H,22,24,27)/t16-/m1/s1. The smallest absolute Gasteiger partial charge is 0.255 e. The summed E-state index contributed by atoms with van der Waals surface area (Å²) in [7, 11) is 0. The van der Waals surface area contributed by atoms with Gasteiger partial charge in [0.1, 0.15) is 18.3 Å². The van der Waals surface area contributed by atoms with Crippen LogP contribution < -0.4 is 16.0 Å². The third kappa shape index (κ3) is 5.01. The van der Waals surface area contributed by atoms with Gasteiger partial charge in [-0.15, -0.1) is 0 Å². The van der Waals surface area contributed by atoms with Gasteiger partial charge in [0.2, 0.25) is 0 Å². The molecule has 10 heteroatoms. The van der Waals surface area contributed by atoms with E-state index in [2.05, 4.69) is 31.0 Å². The number of nitrogens with zero attached hydrogens (tertiary/aromatic N) is 4. The monoisotopic (exact) mass is 415 g/mol. The zero-order chi connectivity index (χ0) is 21.9. The largest absolute Gasteiger partial charge is 0.387 e. The van der Waals surface area contributed by atoms with E-state index >= 15 is 0 Å². The lowest BCUT2D eigenvalue weighted by atomic mass is 10.0. The molecule has 3 aromatic rings. The summed E-state index contributed by atoms with van der Waals surface area (Å²) in [6.07, 6.45) is 4.67. The van der Waals surface area contributed by atoms with Gasteiger partial charge < -0.3 is 21.1 Å². The molecule has 4 N–H and O–H groups in total. The Morgan fingerprint density at radius 1 is 1.37 bits per heavy atom. The number of amides is 1. The van der Waals surface area contributed by atoms with E-state index in [1.54, 1.807) is 23.0 Å². The van der Waals surface area contributed by atoms with Gasteiger partial charge in [-0.3, -0.25) is 4.79 Å². The first kappa shape index (κ1) is 21.4. The molecular weight excluding hydrogens is 389 g/mol. The van der Waals surface area contributed by atoms with E-state index in [0.29, 0.717) is 17.0 Å². The summed E-state index contributed by atoms with van der Waals surface area (Å²) in [4.78, 5) is 20.8. The molecule has 0 bridgehead atoms. The van der Waals surface area contributed by atoms with Crippen LogP contribution in [-0.4, -0.2) is 55.0 Å². The van der Waals surface area contributed by atoms with Gasteiger partial charge in [0, 0.05) is 12.2 Å². The number of aromatic nitrogens is 4. The molecule has 160 valence electrons. The van der Waals surface area contributed by atoms with E-state index in [9.17, 15) is 14.3 Å². The molecule has 0 saturated carbocycles. The summed E-state index contributed by atoms with van der Waals surface area (Å²) < 4.78 is 15.7. The molecule has 1 atom stereocenters. The fraction of sp³-hybridized carbons (Fsp3) is 0.400. The van der Waals surface area contributed by atoms with Gasteiger partial charge in [0.15, 0.2) is 0 Å². The topological polar surface area (TPSA) is 116 Å². The molecule has 0 spiro atoms. The minimum Gasteiger partial charge on any atom is -0.387 e. The summed E-state index contributed by atoms with van der Waals surface area (Å²) in [5.74, 6) is 0.143. The first-order chi connectivity index (χ1) is 14.1. The number of alkyl halides is 1. The number of fused-ring (bicyclic) bond motifs is 1. The Labute approximate surface area is 173 Å². The molecule has 0 saturated heterocycles. The van der Waals surface area contributed by atoms with Crippen LogP contribution in [0.15, 0.2) is 37.1 Å². The zero-order valence-corrected chi connectivity index (χ0v) is 17.3. The average molecular weight is 415 g/mol. The molecule has 0 aliphatic carbocycles. The SMILES string of the molecule is CC(C)Nc1c(C(=O)NC[C@@H](F)C(C)(C)O)cnn2cc(Nc3ccncn3)cc12. The molecule has 0 unspecified atom stereocenters. The van der Waals surface area contributed by atoms with Crippen molar-refractivity contribution in [1.82, 2.24) is 24.9 Å². The van der Waals surface area contributed by atoms with Crippen molar-refractivity contribution >= 4 is 28.6 Å². The van der Waals surface area contributed by atoms with Crippen molar-refractivity contribution in [3.63, 3.8) is 0 Å². The van der Waals surface area contributed by atoms with Crippen molar-refractivity contribution < 1.29 is 14.3 Å². The van der Waals surface area contributed by atoms with Gasteiger partial charge in [0.05, 0.1) is 47.0 Å². The number of aliphatic hydroxyl groups is 1. The fourth-order valence-electron chi connectivity index (χ4n) is 2.78. The molecule has 0 aliphatic rings. The molecule has 3 heterocycles. The summed E-state index contributed by atoms with van der Waals surface area (Å²) in [6.45, 7) is 6.31. The van der Waals surface area contributed by atoms with Crippen LogP contribution in [0.25, 0.3) is 5.52 Å². The number of anilines is 3. The Balaban J connectivity index is 1.91. The second kappa shape index (κ2) is 8.62. The van der Waals surface area contributed by atoms with E-state index in [1.165, 1.54) is 26.4 Å². The highest BCUT2D eigenvalue weighted by atomic mass is 19.1. The Morgan fingerprint density at radius 3 is 2.77 bits per heavy atom. The van der Waals surface area contributed by atoms with Crippen LogP contribution in [0.3, 0.4) is 0 Å². The molecule has 1 amide bonds. The van der Waals surface area contributed by atoms with Crippen molar-refractivity contribution in [1.29, 1.82) is 0 Å². The Morgan fingerprint density at radius 2 is 2.13 bits per heavy atom. The molecule has 0 aromatic carbocycles. The second-order valence-electron chi connectivity index (χ2n) is 7.84. The highest BCUT2D eigenvalue weighted by Crippen LogP contribution is 2.27. The molecule has 30 heavy (non-hydrogen) atoms. The zero-order valence-electron chi connectivity index (χ0n) is 17.3. The highest BCUT2D eigenvalue weighted by Gasteiger charge is 2.27. The number of hydrogen-bond acceptors (Lipinski definition) is 7. The lowest BCUT2D eigenvalue weighted by Gasteiger charge is -2.23. The van der Waals surface area contributed by atoms with Crippen LogP contribution in [0.1, 0.15) is 38.1 Å². The van der Waals surface area contributed by atoms with E-state index < -0.39 is 17.7 Å². The number of halogens is 1. The van der Waals surface area contributed by atoms with Crippen molar-refractivity contribution in [3.05, 3.63) is 42.6 Å². The fourth-order valence-corrected chi connectivity index (χ4v) is 2.78. The van der Waals surface area contributed by atoms with E-state index in [4.69, 9.17) is 0 Å². The van der Waals surface area contributed by atoms with Gasteiger partial charge in [-0.25, -0.2) is 18.9 Å². The quantitative estimate of drug-likeness (QED) is 0.447. The first-order valence-electron chi connectivity index (χ1n) is 9.60. The van der Waals surface area contributed by atoms with Gasteiger partial charge in [-0.2, -0.15) is 5.10 Å². The van der Waals surface area contributed by atoms with Gasteiger partial charge in [-0.1, -0.05) is 0 Å². The van der Waals surface area contributed by atoms with Crippen LogP contribution in [-0.2, 0) is 0 Å². The molecule has 0 fully saturated rings. The van der Waals surface area contributed by atoms with Crippen LogP contribution >= 0.6 is 0 Å². The Bertz CT molecular complexity index is 1020.